The number of nitrogens with zero attached hydrogens (tertiary/aromatic N) is 1. The Labute approximate surface area is 173 Å². The van der Waals surface area contributed by atoms with Crippen LogP contribution in [-0.2, 0) is 16.0 Å². The summed E-state index contributed by atoms with van der Waals surface area (Å²) in [6.45, 7) is 2.20. The Hall–Kier alpha value is -2.15. The van der Waals surface area contributed by atoms with Crippen molar-refractivity contribution in [3.05, 3.63) is 47.3 Å². The molecule has 0 unspecified atom stereocenters. The lowest BCUT2D eigenvalue weighted by Gasteiger charge is -2.31. The first-order chi connectivity index (χ1) is 14.1. The average molecular weight is 398 g/mol. The van der Waals surface area contributed by atoms with Crippen LogP contribution in [0.15, 0.2) is 36.2 Å². The predicted octanol–water partition coefficient (Wildman–Crippen LogP) is 6.39. The number of esters is 1. The summed E-state index contributed by atoms with van der Waals surface area (Å²) in [5, 5.41) is 8.54. The molecule has 156 valence electrons. The van der Waals surface area contributed by atoms with Crippen molar-refractivity contribution in [2.75, 3.05) is 0 Å². The third kappa shape index (κ3) is 6.16. The van der Waals surface area contributed by atoms with Crippen molar-refractivity contribution in [2.24, 2.45) is 11.8 Å². The Kier molecular flexibility index (Phi) is 7.86. The van der Waals surface area contributed by atoms with E-state index in [1.807, 2.05) is 0 Å². The number of hydrogen-bond acceptors (Lipinski definition) is 3. The SMILES string of the molecule is CCCc1ccc(C2CCC(C(=O)OC3CCC(C=C(F)C#N)CC3)CC2)cc1. The summed E-state index contributed by atoms with van der Waals surface area (Å²) in [7, 11) is 0. The first kappa shape index (κ1) is 21.6. The maximum atomic E-state index is 13.1. The van der Waals surface area contributed by atoms with Gasteiger partial charge in [-0.25, -0.2) is 0 Å². The van der Waals surface area contributed by atoms with Crippen molar-refractivity contribution in [1.82, 2.24) is 0 Å². The van der Waals surface area contributed by atoms with Gasteiger partial charge in [-0.15, -0.1) is 0 Å². The molecule has 0 heterocycles. The molecule has 0 N–H and O–H groups in total. The molecule has 0 bridgehead atoms. The van der Waals surface area contributed by atoms with Crippen molar-refractivity contribution in [3.63, 3.8) is 0 Å². The second-order valence-corrected chi connectivity index (χ2v) is 8.64. The molecular formula is C25H32FNO2. The van der Waals surface area contributed by atoms with Crippen LogP contribution in [-0.4, -0.2) is 12.1 Å². The number of halogens is 1. The predicted molar refractivity (Wildman–Crippen MR) is 112 cm³/mol. The molecule has 0 saturated heterocycles. The van der Waals surface area contributed by atoms with E-state index in [1.54, 1.807) is 0 Å². The molecule has 2 aliphatic rings. The molecule has 2 saturated carbocycles. The lowest BCUT2D eigenvalue weighted by atomic mass is 9.78. The van der Waals surface area contributed by atoms with Crippen molar-refractivity contribution in [3.8, 4) is 6.07 Å². The summed E-state index contributed by atoms with van der Waals surface area (Å²) in [6.07, 6.45) is 10.6. The second kappa shape index (κ2) is 10.6. The van der Waals surface area contributed by atoms with Gasteiger partial charge in [0, 0.05) is 0 Å². The van der Waals surface area contributed by atoms with Gasteiger partial charge in [0.2, 0.25) is 0 Å². The highest BCUT2D eigenvalue weighted by molar-refractivity contribution is 5.72. The van der Waals surface area contributed by atoms with Crippen LogP contribution < -0.4 is 0 Å². The number of ether oxygens (including phenoxy) is 1. The zero-order valence-electron chi connectivity index (χ0n) is 17.4. The van der Waals surface area contributed by atoms with Gasteiger partial charge in [-0.3, -0.25) is 4.79 Å². The molecule has 0 aliphatic heterocycles. The van der Waals surface area contributed by atoms with Crippen molar-refractivity contribution in [2.45, 2.75) is 83.2 Å². The van der Waals surface area contributed by atoms with Crippen LogP contribution >= 0.6 is 0 Å². The van der Waals surface area contributed by atoms with Crippen LogP contribution in [0.2, 0.25) is 0 Å². The van der Waals surface area contributed by atoms with E-state index in [1.165, 1.54) is 29.7 Å². The fraction of sp³-hybridized carbons (Fsp3) is 0.600. The van der Waals surface area contributed by atoms with Gasteiger partial charge >= 0.3 is 5.97 Å². The van der Waals surface area contributed by atoms with E-state index in [-0.39, 0.29) is 23.9 Å². The molecule has 2 fully saturated rings. The van der Waals surface area contributed by atoms with Crippen molar-refractivity contribution < 1.29 is 13.9 Å². The van der Waals surface area contributed by atoms with Crippen molar-refractivity contribution >= 4 is 5.97 Å². The number of allylic oxidation sites excluding steroid dienone is 2. The highest BCUT2D eigenvalue weighted by atomic mass is 19.1. The largest absolute Gasteiger partial charge is 0.462 e. The Morgan fingerprint density at radius 1 is 1.10 bits per heavy atom. The molecule has 2 aliphatic carbocycles. The Morgan fingerprint density at radius 3 is 2.34 bits per heavy atom. The lowest BCUT2D eigenvalue weighted by molar-refractivity contribution is -0.157. The standard InChI is InChI=1S/C25H32FNO2/c1-2-3-18-4-8-20(9-5-18)21-10-12-22(13-11-21)25(28)29-24-14-6-19(7-15-24)16-23(26)17-27/h4-5,8-9,16,19,21-22,24H,2-3,6-7,10-15H2,1H3. The van der Waals surface area contributed by atoms with Crippen LogP contribution in [0.1, 0.15) is 81.8 Å². The highest BCUT2D eigenvalue weighted by Crippen LogP contribution is 2.37. The topological polar surface area (TPSA) is 50.1 Å². The first-order valence-corrected chi connectivity index (χ1v) is 11.2. The summed E-state index contributed by atoms with van der Waals surface area (Å²) < 4.78 is 18.9. The van der Waals surface area contributed by atoms with Crippen LogP contribution in [0.4, 0.5) is 4.39 Å². The monoisotopic (exact) mass is 397 g/mol. The van der Waals surface area contributed by atoms with E-state index in [0.29, 0.717) is 5.92 Å². The summed E-state index contributed by atoms with van der Waals surface area (Å²) in [4.78, 5) is 12.6. The minimum atomic E-state index is -0.706. The molecule has 0 aromatic heterocycles. The van der Waals surface area contributed by atoms with Crippen LogP contribution in [0.5, 0.6) is 0 Å². The van der Waals surface area contributed by atoms with E-state index in [9.17, 15) is 9.18 Å². The zero-order valence-corrected chi connectivity index (χ0v) is 17.4. The Balaban J connectivity index is 1.42. The van der Waals surface area contributed by atoms with Gasteiger partial charge in [-0.2, -0.15) is 9.65 Å². The zero-order chi connectivity index (χ0) is 20.6. The smallest absolute Gasteiger partial charge is 0.309 e. The third-order valence-electron chi connectivity index (χ3n) is 6.54. The van der Waals surface area contributed by atoms with E-state index in [0.717, 1.165) is 57.8 Å². The number of carbonyl (C=O) groups excluding carboxylic acids is 1. The highest BCUT2D eigenvalue weighted by Gasteiger charge is 2.31. The number of aryl methyl sites for hydroxylation is 1. The molecule has 29 heavy (non-hydrogen) atoms. The van der Waals surface area contributed by atoms with Crippen LogP contribution in [0.25, 0.3) is 0 Å². The minimum Gasteiger partial charge on any atom is -0.462 e. The van der Waals surface area contributed by atoms with E-state index in [2.05, 4.69) is 31.2 Å². The van der Waals surface area contributed by atoms with Gasteiger partial charge in [-0.1, -0.05) is 37.6 Å². The summed E-state index contributed by atoms with van der Waals surface area (Å²) >= 11 is 0. The number of nitriles is 1. The quantitative estimate of drug-likeness (QED) is 0.413. The van der Waals surface area contributed by atoms with Gasteiger partial charge in [0.05, 0.1) is 5.92 Å². The molecule has 0 atom stereocenters. The van der Waals surface area contributed by atoms with Gasteiger partial charge < -0.3 is 4.74 Å². The maximum Gasteiger partial charge on any atom is 0.309 e. The molecule has 3 nitrogen and oxygen atoms in total. The normalized spacial score (nSPS) is 27.8. The van der Waals surface area contributed by atoms with E-state index >= 15 is 0 Å². The van der Waals surface area contributed by atoms with E-state index in [4.69, 9.17) is 10.00 Å². The average Bonchev–Trinajstić information content (AvgIpc) is 2.76. The number of benzene rings is 1. The lowest BCUT2D eigenvalue weighted by Crippen LogP contribution is -2.29. The van der Waals surface area contributed by atoms with E-state index < -0.39 is 5.83 Å². The van der Waals surface area contributed by atoms with Crippen molar-refractivity contribution in [1.29, 1.82) is 5.26 Å². The van der Waals surface area contributed by atoms with Gasteiger partial charge in [0.15, 0.2) is 5.83 Å². The molecule has 0 radical (unpaired) electrons. The van der Waals surface area contributed by atoms with Gasteiger partial charge in [0.25, 0.3) is 0 Å². The number of rotatable bonds is 6. The molecule has 4 heteroatoms. The Bertz CT molecular complexity index is 733. The maximum absolute atomic E-state index is 13.1. The fourth-order valence-electron chi connectivity index (χ4n) is 4.79. The fourth-order valence-corrected chi connectivity index (χ4v) is 4.79. The Morgan fingerprint density at radius 2 is 1.76 bits per heavy atom. The third-order valence-corrected chi connectivity index (χ3v) is 6.54. The minimum absolute atomic E-state index is 0.0132. The molecule has 0 spiro atoms. The van der Waals surface area contributed by atoms with Gasteiger partial charge in [-0.05, 0) is 86.8 Å². The van der Waals surface area contributed by atoms with Crippen LogP contribution in [0, 0.1) is 23.2 Å². The molecule has 3 rings (SSSR count). The first-order valence-electron chi connectivity index (χ1n) is 11.2. The summed E-state index contributed by atoms with van der Waals surface area (Å²) in [5.74, 6) is -0.110. The van der Waals surface area contributed by atoms with Gasteiger partial charge in [0.1, 0.15) is 12.2 Å². The number of carbonyl (C=O) groups is 1. The number of hydrogen-bond donors (Lipinski definition) is 0. The molecular weight excluding hydrogens is 365 g/mol. The molecule has 1 aromatic carbocycles. The molecule has 0 amide bonds. The summed E-state index contributed by atoms with van der Waals surface area (Å²) in [5.41, 5.74) is 2.79. The summed E-state index contributed by atoms with van der Waals surface area (Å²) in [6, 6.07) is 10.5. The molecule has 1 aromatic rings. The second-order valence-electron chi connectivity index (χ2n) is 8.64. The van der Waals surface area contributed by atoms with Crippen LogP contribution in [0.3, 0.4) is 0 Å².